The first kappa shape index (κ1) is 31.9. The number of likely N-dealkylation sites (N-methyl/N-ethyl adjacent to an activating group) is 1. The van der Waals surface area contributed by atoms with E-state index in [1.807, 2.05) is 30.3 Å². The largest absolute Gasteiger partial charge is 0.550 e. The number of carboxylic acid groups (broad SMARTS) is 2. The molecule has 0 radical (unpaired) electrons. The van der Waals surface area contributed by atoms with Crippen molar-refractivity contribution in [1.29, 1.82) is 0 Å². The van der Waals surface area contributed by atoms with Crippen molar-refractivity contribution >= 4 is 11.9 Å². The number of carbonyl (C=O) groups is 2. The molecule has 0 saturated heterocycles. The van der Waals surface area contributed by atoms with Gasteiger partial charge in [0.2, 0.25) is 0 Å². The van der Waals surface area contributed by atoms with Gasteiger partial charge in [0, 0.05) is 5.97 Å². The smallest absolute Gasteiger partial charge is 0.303 e. The molecule has 0 aromatic heterocycles. The van der Waals surface area contributed by atoms with E-state index in [4.69, 9.17) is 9.84 Å². The Hall–Kier alpha value is -2.12. The maximum atomic E-state index is 10.3. The molecule has 1 aromatic rings. The molecule has 0 fully saturated rings. The highest BCUT2D eigenvalue weighted by Gasteiger charge is 2.20. The second-order valence-electron chi connectivity index (χ2n) is 9.57. The molecule has 1 atom stereocenters. The highest BCUT2D eigenvalue weighted by molar-refractivity contribution is 5.74. The maximum absolute atomic E-state index is 10.3. The number of carboxylic acids is 2. The molecule has 1 rings (SSSR count). The van der Waals surface area contributed by atoms with Crippen LogP contribution in [0.25, 0.3) is 0 Å². The number of aliphatic hydroxyl groups excluding tert-OH is 1. The number of unbranched alkanes of at least 4 members (excludes halogenated alkanes) is 9. The molecular weight excluding hydrogens is 434 g/mol. The number of hydrogen-bond acceptors (Lipinski definition) is 5. The van der Waals surface area contributed by atoms with Crippen LogP contribution in [0.15, 0.2) is 30.3 Å². The molecule has 7 nitrogen and oxygen atoms in total. The van der Waals surface area contributed by atoms with E-state index >= 15 is 0 Å². The first-order valence-corrected chi connectivity index (χ1v) is 12.8. The molecule has 0 aliphatic heterocycles. The van der Waals surface area contributed by atoms with Crippen LogP contribution in [0.5, 0.6) is 5.75 Å². The first-order chi connectivity index (χ1) is 16.2. The van der Waals surface area contributed by atoms with E-state index in [0.29, 0.717) is 6.61 Å². The molecule has 0 saturated carbocycles. The van der Waals surface area contributed by atoms with Crippen LogP contribution in [-0.2, 0) is 9.59 Å². The molecule has 196 valence electrons. The van der Waals surface area contributed by atoms with Crippen molar-refractivity contribution in [2.24, 2.45) is 0 Å². The van der Waals surface area contributed by atoms with Gasteiger partial charge in [-0.05, 0) is 31.4 Å². The lowest BCUT2D eigenvalue weighted by Crippen LogP contribution is -2.47. The number of para-hydroxylation sites is 1. The molecule has 2 N–H and O–H groups in total. The van der Waals surface area contributed by atoms with Gasteiger partial charge in [0.1, 0.15) is 25.0 Å². The van der Waals surface area contributed by atoms with Gasteiger partial charge in [-0.15, -0.1) is 0 Å². The summed E-state index contributed by atoms with van der Waals surface area (Å²) in [6, 6.07) is 9.72. The Morgan fingerprint density at radius 3 is 1.91 bits per heavy atom. The molecule has 1 unspecified atom stereocenters. The van der Waals surface area contributed by atoms with Gasteiger partial charge in [0.15, 0.2) is 0 Å². The average molecular weight is 482 g/mol. The standard InChI is InChI=1S/C23H42NO2.C4H6O4/c1-4-5-6-7-8-9-10-11-12-16-19-24(2,3)20-22(25)21-26-23-17-14-13-15-18-23;5-3(6)1-2-4(7)8/h13-15,17-18,22,25H,4-12,16,19-21H2,1-3H3;1-2H2,(H,5,6)(H,7,8)/q+1;/p-1. The number of quaternary nitrogens is 1. The number of benzene rings is 1. The Kier molecular flexibility index (Phi) is 19.0. The fourth-order valence-corrected chi connectivity index (χ4v) is 3.66. The van der Waals surface area contributed by atoms with Crippen molar-refractivity contribution in [2.75, 3.05) is 33.8 Å². The third-order valence-corrected chi connectivity index (χ3v) is 5.55. The first-order valence-electron chi connectivity index (χ1n) is 12.8. The van der Waals surface area contributed by atoms with E-state index in [9.17, 15) is 19.8 Å². The Bertz CT molecular complexity index is 621. The zero-order valence-electron chi connectivity index (χ0n) is 21.5. The van der Waals surface area contributed by atoms with Gasteiger partial charge in [0.25, 0.3) is 0 Å². The minimum atomic E-state index is -1.33. The number of aliphatic hydroxyl groups is 1. The van der Waals surface area contributed by atoms with Crippen LogP contribution < -0.4 is 9.84 Å². The van der Waals surface area contributed by atoms with Crippen molar-refractivity contribution in [1.82, 2.24) is 0 Å². The molecule has 34 heavy (non-hydrogen) atoms. The Balaban J connectivity index is 0.00000116. The summed E-state index contributed by atoms with van der Waals surface area (Å²) in [5.41, 5.74) is 0. The molecule has 0 bridgehead atoms. The van der Waals surface area contributed by atoms with Crippen LogP contribution in [0.4, 0.5) is 0 Å². The van der Waals surface area contributed by atoms with Gasteiger partial charge in [-0.25, -0.2) is 0 Å². The van der Waals surface area contributed by atoms with Gasteiger partial charge in [-0.2, -0.15) is 0 Å². The zero-order chi connectivity index (χ0) is 25.7. The summed E-state index contributed by atoms with van der Waals surface area (Å²) >= 11 is 0. The van der Waals surface area contributed by atoms with Gasteiger partial charge >= 0.3 is 5.97 Å². The van der Waals surface area contributed by atoms with Crippen molar-refractivity contribution in [2.45, 2.75) is 90.1 Å². The predicted octanol–water partition coefficient (Wildman–Crippen LogP) is 4.02. The van der Waals surface area contributed by atoms with Crippen LogP contribution in [0, 0.1) is 0 Å². The predicted molar refractivity (Wildman–Crippen MR) is 134 cm³/mol. The van der Waals surface area contributed by atoms with Crippen molar-refractivity contribution in [3.05, 3.63) is 30.3 Å². The highest BCUT2D eigenvalue weighted by atomic mass is 16.5. The number of carbonyl (C=O) groups excluding carboxylic acids is 1. The molecular formula is C27H47NO6. The Morgan fingerprint density at radius 1 is 0.912 bits per heavy atom. The fourth-order valence-electron chi connectivity index (χ4n) is 3.66. The summed E-state index contributed by atoms with van der Waals surface area (Å²) in [7, 11) is 4.42. The molecule has 0 amide bonds. The molecule has 1 aromatic carbocycles. The quantitative estimate of drug-likeness (QED) is 0.228. The van der Waals surface area contributed by atoms with Crippen molar-refractivity contribution < 1.29 is 34.1 Å². The number of aliphatic carboxylic acids is 2. The second-order valence-corrected chi connectivity index (χ2v) is 9.57. The summed E-state index contributed by atoms with van der Waals surface area (Å²) < 4.78 is 6.52. The van der Waals surface area contributed by atoms with Gasteiger partial charge < -0.3 is 29.3 Å². The van der Waals surface area contributed by atoms with Crippen LogP contribution >= 0.6 is 0 Å². The summed E-state index contributed by atoms with van der Waals surface area (Å²) in [5, 5.41) is 27.7. The topological polar surface area (TPSA) is 107 Å². The SMILES string of the molecule is CCCCCCCCCCCC[N+](C)(C)CC(O)COc1ccccc1.O=C([O-])CCC(=O)O. The summed E-state index contributed by atoms with van der Waals surface area (Å²) in [4.78, 5) is 19.1. The molecule has 0 heterocycles. The Morgan fingerprint density at radius 2 is 1.44 bits per heavy atom. The second kappa shape index (κ2) is 20.3. The average Bonchev–Trinajstić information content (AvgIpc) is 2.78. The van der Waals surface area contributed by atoms with E-state index in [1.54, 1.807) is 0 Å². The van der Waals surface area contributed by atoms with Crippen LogP contribution in [0.2, 0.25) is 0 Å². The van der Waals surface area contributed by atoms with E-state index in [-0.39, 0.29) is 6.42 Å². The lowest BCUT2D eigenvalue weighted by molar-refractivity contribution is -0.893. The lowest BCUT2D eigenvalue weighted by atomic mass is 10.1. The van der Waals surface area contributed by atoms with E-state index < -0.39 is 24.5 Å². The fraction of sp³-hybridized carbons (Fsp3) is 0.704. The van der Waals surface area contributed by atoms with Crippen molar-refractivity contribution in [3.63, 3.8) is 0 Å². The minimum absolute atomic E-state index is 0.359. The molecule has 0 aliphatic rings. The van der Waals surface area contributed by atoms with Crippen LogP contribution in [0.3, 0.4) is 0 Å². The summed E-state index contributed by atoms with van der Waals surface area (Å²) in [5.74, 6) is -1.62. The van der Waals surface area contributed by atoms with E-state index in [0.717, 1.165) is 23.3 Å². The normalized spacial score (nSPS) is 11.9. The maximum Gasteiger partial charge on any atom is 0.303 e. The third kappa shape index (κ3) is 21.7. The van der Waals surface area contributed by atoms with E-state index in [1.165, 1.54) is 64.2 Å². The summed E-state index contributed by atoms with van der Waals surface area (Å²) in [6.07, 6.45) is 12.5. The number of ether oxygens (including phenoxy) is 1. The number of hydrogen-bond donors (Lipinski definition) is 2. The minimum Gasteiger partial charge on any atom is -0.550 e. The molecule has 0 aliphatic carbocycles. The molecule has 7 heteroatoms. The monoisotopic (exact) mass is 481 g/mol. The van der Waals surface area contributed by atoms with Crippen LogP contribution in [-0.4, -0.2) is 66.5 Å². The zero-order valence-corrected chi connectivity index (χ0v) is 21.5. The van der Waals surface area contributed by atoms with Gasteiger partial charge in [-0.3, -0.25) is 4.79 Å². The van der Waals surface area contributed by atoms with Gasteiger partial charge in [-0.1, -0.05) is 76.5 Å². The van der Waals surface area contributed by atoms with Crippen LogP contribution in [0.1, 0.15) is 84.0 Å². The number of nitrogens with zero attached hydrogens (tertiary/aromatic N) is 1. The molecule has 0 spiro atoms. The highest BCUT2D eigenvalue weighted by Crippen LogP contribution is 2.13. The van der Waals surface area contributed by atoms with Crippen molar-refractivity contribution in [3.8, 4) is 5.75 Å². The Labute approximate surface area is 206 Å². The summed E-state index contributed by atoms with van der Waals surface area (Å²) in [6.45, 7) is 4.50. The number of rotatable bonds is 19. The van der Waals surface area contributed by atoms with Gasteiger partial charge in [0.05, 0.1) is 27.1 Å². The third-order valence-electron chi connectivity index (χ3n) is 5.55. The lowest BCUT2D eigenvalue weighted by Gasteiger charge is -2.31. The van der Waals surface area contributed by atoms with E-state index in [2.05, 4.69) is 21.0 Å².